The second-order valence-electron chi connectivity index (χ2n) is 2.10. The predicted molar refractivity (Wildman–Crippen MR) is 45.0 cm³/mol. The fourth-order valence-corrected chi connectivity index (χ4v) is 0.850. The van der Waals surface area contributed by atoms with E-state index in [1.807, 2.05) is 6.07 Å². The molecule has 0 unspecified atom stereocenters. The number of hydrogen-bond donors (Lipinski definition) is 0. The van der Waals surface area contributed by atoms with E-state index in [4.69, 9.17) is 21.6 Å². The number of pyridine rings is 1. The van der Waals surface area contributed by atoms with Crippen LogP contribution >= 0.6 is 11.6 Å². The maximum absolute atomic E-state index is 8.23. The minimum Gasteiger partial charge on any atom is -0.491 e. The van der Waals surface area contributed by atoms with Gasteiger partial charge in [0.15, 0.2) is 0 Å². The Morgan fingerprint density at radius 1 is 1.58 bits per heavy atom. The molecule has 3 nitrogen and oxygen atoms in total. The van der Waals surface area contributed by atoms with E-state index in [0.717, 1.165) is 0 Å². The zero-order chi connectivity index (χ0) is 8.81. The Labute approximate surface area is 75.6 Å². The highest BCUT2D eigenvalue weighted by molar-refractivity contribution is 6.30. The van der Waals surface area contributed by atoms with Crippen molar-refractivity contribution in [2.45, 2.75) is 6.42 Å². The number of halogens is 1. The number of ether oxygens (including phenoxy) is 1. The molecule has 0 bridgehead atoms. The monoisotopic (exact) mass is 182 g/mol. The van der Waals surface area contributed by atoms with Crippen molar-refractivity contribution in [3.63, 3.8) is 0 Å². The normalized spacial score (nSPS) is 9.00. The van der Waals surface area contributed by atoms with Gasteiger partial charge in [0.2, 0.25) is 0 Å². The summed E-state index contributed by atoms with van der Waals surface area (Å²) in [4.78, 5) is 3.82. The summed E-state index contributed by atoms with van der Waals surface area (Å²) in [6, 6.07) is 3.63. The summed E-state index contributed by atoms with van der Waals surface area (Å²) in [5, 5.41) is 8.76. The van der Waals surface area contributed by atoms with Crippen LogP contribution in [0.3, 0.4) is 0 Å². The summed E-state index contributed by atoms with van der Waals surface area (Å²) >= 11 is 5.65. The number of aromatic nitrogens is 1. The largest absolute Gasteiger partial charge is 0.491 e. The maximum Gasteiger partial charge on any atom is 0.139 e. The molecule has 62 valence electrons. The molecule has 0 aliphatic carbocycles. The standard InChI is InChI=1S/C8H7ClN2O/c9-7-4-8(6-11-5-7)12-3-1-2-10/h4-6H,1,3H2. The van der Waals surface area contributed by atoms with E-state index in [1.54, 1.807) is 12.3 Å². The van der Waals surface area contributed by atoms with Crippen molar-refractivity contribution in [3.8, 4) is 11.8 Å². The number of nitriles is 1. The van der Waals surface area contributed by atoms with Crippen LogP contribution in [-0.4, -0.2) is 11.6 Å². The molecule has 1 aromatic heterocycles. The van der Waals surface area contributed by atoms with Crippen molar-refractivity contribution >= 4 is 11.6 Å². The van der Waals surface area contributed by atoms with E-state index in [2.05, 4.69) is 4.98 Å². The second kappa shape index (κ2) is 4.58. The molecule has 1 aromatic rings. The van der Waals surface area contributed by atoms with Crippen LogP contribution < -0.4 is 4.74 Å². The SMILES string of the molecule is N#CCCOc1cncc(Cl)c1. The molecule has 0 fully saturated rings. The van der Waals surface area contributed by atoms with Gasteiger partial charge in [-0.25, -0.2) is 0 Å². The van der Waals surface area contributed by atoms with Crippen LogP contribution in [0.25, 0.3) is 0 Å². The number of rotatable bonds is 3. The molecule has 1 heterocycles. The molecule has 0 aliphatic rings. The van der Waals surface area contributed by atoms with Crippen LogP contribution in [0.5, 0.6) is 5.75 Å². The first-order valence-corrected chi connectivity index (χ1v) is 3.81. The van der Waals surface area contributed by atoms with E-state index in [9.17, 15) is 0 Å². The van der Waals surface area contributed by atoms with Crippen molar-refractivity contribution < 1.29 is 4.74 Å². The Bertz CT molecular complexity index is 295. The molecule has 0 amide bonds. The summed E-state index contributed by atoms with van der Waals surface area (Å²) in [5.74, 6) is 0.595. The van der Waals surface area contributed by atoms with Crippen molar-refractivity contribution in [3.05, 3.63) is 23.5 Å². The lowest BCUT2D eigenvalue weighted by Gasteiger charge is -2.01. The minimum atomic E-state index is 0.368. The highest BCUT2D eigenvalue weighted by atomic mass is 35.5. The van der Waals surface area contributed by atoms with E-state index < -0.39 is 0 Å². The first-order chi connectivity index (χ1) is 5.83. The third-order valence-corrected chi connectivity index (χ3v) is 1.37. The average molecular weight is 183 g/mol. The van der Waals surface area contributed by atoms with Gasteiger partial charge in [-0.15, -0.1) is 0 Å². The van der Waals surface area contributed by atoms with Gasteiger partial charge >= 0.3 is 0 Å². The van der Waals surface area contributed by atoms with Crippen molar-refractivity contribution in [2.24, 2.45) is 0 Å². The van der Waals surface area contributed by atoms with E-state index in [0.29, 0.717) is 23.8 Å². The molecule has 0 saturated heterocycles. The van der Waals surface area contributed by atoms with E-state index in [1.165, 1.54) is 6.20 Å². The van der Waals surface area contributed by atoms with E-state index >= 15 is 0 Å². The fraction of sp³-hybridized carbons (Fsp3) is 0.250. The lowest BCUT2D eigenvalue weighted by molar-refractivity contribution is 0.325. The van der Waals surface area contributed by atoms with Gasteiger partial charge in [-0.05, 0) is 0 Å². The van der Waals surface area contributed by atoms with Crippen LogP contribution in [0.2, 0.25) is 5.02 Å². The minimum absolute atomic E-state index is 0.368. The van der Waals surface area contributed by atoms with Gasteiger partial charge < -0.3 is 4.74 Å². The molecular weight excluding hydrogens is 176 g/mol. The quantitative estimate of drug-likeness (QED) is 0.672. The number of hydrogen-bond acceptors (Lipinski definition) is 3. The van der Waals surface area contributed by atoms with Crippen molar-refractivity contribution in [2.75, 3.05) is 6.61 Å². The lowest BCUT2D eigenvalue weighted by Crippen LogP contribution is -1.95. The molecular formula is C8H7ClN2O. The molecule has 0 N–H and O–H groups in total. The van der Waals surface area contributed by atoms with Gasteiger partial charge in [-0.3, -0.25) is 4.98 Å². The molecule has 12 heavy (non-hydrogen) atoms. The molecule has 0 spiro atoms. The molecule has 4 heteroatoms. The molecule has 0 aliphatic heterocycles. The molecule has 0 saturated carbocycles. The van der Waals surface area contributed by atoms with Gasteiger partial charge in [0, 0.05) is 12.3 Å². The molecule has 0 aromatic carbocycles. The Balaban J connectivity index is 2.48. The van der Waals surface area contributed by atoms with Gasteiger partial charge in [-0.2, -0.15) is 5.26 Å². The second-order valence-corrected chi connectivity index (χ2v) is 2.53. The Hall–Kier alpha value is -1.27. The highest BCUT2D eigenvalue weighted by Gasteiger charge is 1.94. The Morgan fingerprint density at radius 2 is 2.42 bits per heavy atom. The third-order valence-electron chi connectivity index (χ3n) is 1.16. The zero-order valence-electron chi connectivity index (χ0n) is 6.33. The Kier molecular flexibility index (Phi) is 3.36. The summed E-state index contributed by atoms with van der Waals surface area (Å²) in [5.41, 5.74) is 0. The maximum atomic E-state index is 8.23. The Morgan fingerprint density at radius 3 is 3.08 bits per heavy atom. The molecule has 0 radical (unpaired) electrons. The van der Waals surface area contributed by atoms with Crippen LogP contribution in [0.4, 0.5) is 0 Å². The van der Waals surface area contributed by atoms with Gasteiger partial charge in [-0.1, -0.05) is 11.6 Å². The fourth-order valence-electron chi connectivity index (χ4n) is 0.686. The zero-order valence-corrected chi connectivity index (χ0v) is 7.08. The van der Waals surface area contributed by atoms with Gasteiger partial charge in [0.25, 0.3) is 0 Å². The van der Waals surface area contributed by atoms with E-state index in [-0.39, 0.29) is 0 Å². The summed E-state index contributed by atoms with van der Waals surface area (Å²) in [7, 11) is 0. The summed E-state index contributed by atoms with van der Waals surface area (Å²) in [6.07, 6.45) is 3.45. The third kappa shape index (κ3) is 2.77. The highest BCUT2D eigenvalue weighted by Crippen LogP contribution is 2.14. The average Bonchev–Trinajstić information content (AvgIpc) is 2.05. The number of nitrogens with zero attached hydrogens (tertiary/aromatic N) is 2. The molecule has 0 atom stereocenters. The van der Waals surface area contributed by atoms with Crippen molar-refractivity contribution in [1.29, 1.82) is 5.26 Å². The van der Waals surface area contributed by atoms with Crippen LogP contribution in [0, 0.1) is 11.3 Å². The first kappa shape index (κ1) is 8.82. The smallest absolute Gasteiger partial charge is 0.139 e. The van der Waals surface area contributed by atoms with Crippen LogP contribution in [0.15, 0.2) is 18.5 Å². The molecule has 1 rings (SSSR count). The van der Waals surface area contributed by atoms with Crippen LogP contribution in [0.1, 0.15) is 6.42 Å². The first-order valence-electron chi connectivity index (χ1n) is 3.43. The predicted octanol–water partition coefficient (Wildman–Crippen LogP) is 2.03. The van der Waals surface area contributed by atoms with Gasteiger partial charge in [0.1, 0.15) is 12.4 Å². The topological polar surface area (TPSA) is 45.9 Å². The summed E-state index contributed by atoms with van der Waals surface area (Å²) in [6.45, 7) is 0.374. The lowest BCUT2D eigenvalue weighted by atomic mass is 10.4. The van der Waals surface area contributed by atoms with Crippen molar-refractivity contribution in [1.82, 2.24) is 4.98 Å². The van der Waals surface area contributed by atoms with Gasteiger partial charge in [0.05, 0.1) is 23.7 Å². The van der Waals surface area contributed by atoms with Crippen LogP contribution in [-0.2, 0) is 0 Å². The summed E-state index contributed by atoms with van der Waals surface area (Å²) < 4.78 is 5.16.